The van der Waals surface area contributed by atoms with E-state index in [0.29, 0.717) is 12.8 Å². The molecule has 22 heavy (non-hydrogen) atoms. The number of unbranched alkanes of at least 4 members (excludes halogenated alkanes) is 6. The Morgan fingerprint density at radius 2 is 1.68 bits per heavy atom. The van der Waals surface area contributed by atoms with E-state index in [0.717, 1.165) is 19.3 Å². The lowest BCUT2D eigenvalue weighted by atomic mass is 9.96. The van der Waals surface area contributed by atoms with Crippen LogP contribution >= 0.6 is 0 Å². The predicted octanol–water partition coefficient (Wildman–Crippen LogP) is 4.62. The zero-order valence-electron chi connectivity index (χ0n) is 14.0. The molecule has 0 aromatic heterocycles. The van der Waals surface area contributed by atoms with E-state index < -0.39 is 5.97 Å². The molecule has 0 unspecified atom stereocenters. The summed E-state index contributed by atoms with van der Waals surface area (Å²) in [5.74, 6) is -1.03. The Hall–Kier alpha value is -1.32. The van der Waals surface area contributed by atoms with Crippen molar-refractivity contribution in [1.82, 2.24) is 0 Å². The fourth-order valence-corrected chi connectivity index (χ4v) is 2.81. The van der Waals surface area contributed by atoms with Crippen LogP contribution in [0.1, 0.15) is 84.5 Å². The average molecular weight is 310 g/mol. The molecule has 4 nitrogen and oxygen atoms in total. The second-order valence-corrected chi connectivity index (χ2v) is 6.14. The summed E-state index contributed by atoms with van der Waals surface area (Å²) in [6.45, 7) is 4.09. The van der Waals surface area contributed by atoms with Crippen LogP contribution in [0.4, 0.5) is 0 Å². The fourth-order valence-electron chi connectivity index (χ4n) is 2.81. The fraction of sp³-hybridized carbons (Fsp3) is 0.778. The SMILES string of the molecule is CCCCCCCCC[C@@H]1CC(=O)C(=C(O)CCC)C(=O)O1. The van der Waals surface area contributed by atoms with Gasteiger partial charge < -0.3 is 9.84 Å². The molecule has 1 heterocycles. The van der Waals surface area contributed by atoms with Crippen LogP contribution in [-0.4, -0.2) is 23.0 Å². The molecule has 0 bridgehead atoms. The van der Waals surface area contributed by atoms with E-state index >= 15 is 0 Å². The molecule has 0 aromatic rings. The van der Waals surface area contributed by atoms with Crippen molar-refractivity contribution in [3.05, 3.63) is 11.3 Å². The topological polar surface area (TPSA) is 63.6 Å². The van der Waals surface area contributed by atoms with Crippen LogP contribution in [0.15, 0.2) is 11.3 Å². The number of ether oxygens (including phenoxy) is 1. The van der Waals surface area contributed by atoms with Gasteiger partial charge in [-0.3, -0.25) is 4.79 Å². The summed E-state index contributed by atoms with van der Waals surface area (Å²) in [4.78, 5) is 23.9. The van der Waals surface area contributed by atoms with Crippen LogP contribution in [-0.2, 0) is 14.3 Å². The Bertz CT molecular complexity index is 378. The maximum absolute atomic E-state index is 12.0. The third-order valence-electron chi connectivity index (χ3n) is 4.07. The van der Waals surface area contributed by atoms with Gasteiger partial charge in [0.2, 0.25) is 0 Å². The van der Waals surface area contributed by atoms with Crippen LogP contribution < -0.4 is 0 Å². The zero-order chi connectivity index (χ0) is 16.4. The first-order chi connectivity index (χ1) is 10.6. The number of carbonyl (C=O) groups excluding carboxylic acids is 2. The van der Waals surface area contributed by atoms with E-state index in [1.165, 1.54) is 32.1 Å². The number of carbonyl (C=O) groups is 2. The molecule has 0 saturated carbocycles. The molecule has 0 aromatic carbocycles. The van der Waals surface area contributed by atoms with E-state index in [4.69, 9.17) is 4.74 Å². The van der Waals surface area contributed by atoms with E-state index in [2.05, 4.69) is 6.92 Å². The molecule has 4 heteroatoms. The lowest BCUT2D eigenvalue weighted by Gasteiger charge is -2.23. The Morgan fingerprint density at radius 3 is 2.27 bits per heavy atom. The molecule has 1 fully saturated rings. The van der Waals surface area contributed by atoms with Crippen molar-refractivity contribution < 1.29 is 19.4 Å². The molecule has 1 aliphatic rings. The highest BCUT2D eigenvalue weighted by molar-refractivity contribution is 6.19. The predicted molar refractivity (Wildman–Crippen MR) is 86.7 cm³/mol. The largest absolute Gasteiger partial charge is 0.511 e. The smallest absolute Gasteiger partial charge is 0.345 e. The lowest BCUT2D eigenvalue weighted by Crippen LogP contribution is -2.33. The molecule has 1 saturated heterocycles. The Labute approximate surface area is 133 Å². The molecular formula is C18H30O4. The van der Waals surface area contributed by atoms with Gasteiger partial charge >= 0.3 is 5.97 Å². The number of rotatable bonds is 10. The summed E-state index contributed by atoms with van der Waals surface area (Å²) < 4.78 is 5.30. The van der Waals surface area contributed by atoms with Gasteiger partial charge in [-0.2, -0.15) is 0 Å². The molecule has 0 spiro atoms. The number of aliphatic hydroxyl groups is 1. The van der Waals surface area contributed by atoms with Crippen molar-refractivity contribution in [2.24, 2.45) is 0 Å². The number of allylic oxidation sites excluding steroid dienone is 1. The third kappa shape index (κ3) is 6.20. The summed E-state index contributed by atoms with van der Waals surface area (Å²) in [5.41, 5.74) is -0.127. The molecule has 0 aliphatic carbocycles. The number of hydrogen-bond donors (Lipinski definition) is 1. The van der Waals surface area contributed by atoms with Crippen molar-refractivity contribution >= 4 is 11.8 Å². The summed E-state index contributed by atoms with van der Waals surface area (Å²) in [7, 11) is 0. The highest BCUT2D eigenvalue weighted by Crippen LogP contribution is 2.24. The van der Waals surface area contributed by atoms with E-state index in [9.17, 15) is 14.7 Å². The van der Waals surface area contributed by atoms with Gasteiger partial charge in [0.25, 0.3) is 0 Å². The van der Waals surface area contributed by atoms with Gasteiger partial charge in [0.15, 0.2) is 5.78 Å². The molecule has 1 aliphatic heterocycles. The summed E-state index contributed by atoms with van der Waals surface area (Å²) >= 11 is 0. The van der Waals surface area contributed by atoms with Crippen molar-refractivity contribution in [3.63, 3.8) is 0 Å². The van der Waals surface area contributed by atoms with Gasteiger partial charge in [-0.25, -0.2) is 4.79 Å². The first-order valence-corrected chi connectivity index (χ1v) is 8.76. The summed E-state index contributed by atoms with van der Waals surface area (Å²) in [5, 5.41) is 9.78. The van der Waals surface area contributed by atoms with Gasteiger partial charge in [0, 0.05) is 12.8 Å². The molecule has 1 rings (SSSR count). The van der Waals surface area contributed by atoms with E-state index in [1.807, 2.05) is 6.92 Å². The monoisotopic (exact) mass is 310 g/mol. The van der Waals surface area contributed by atoms with Gasteiger partial charge in [0.05, 0.1) is 0 Å². The summed E-state index contributed by atoms with van der Waals surface area (Å²) in [6, 6.07) is 0. The second-order valence-electron chi connectivity index (χ2n) is 6.14. The normalized spacial score (nSPS) is 20.9. The minimum absolute atomic E-state index is 0.119. The highest BCUT2D eigenvalue weighted by atomic mass is 16.5. The zero-order valence-corrected chi connectivity index (χ0v) is 14.0. The van der Waals surface area contributed by atoms with Crippen molar-refractivity contribution in [2.75, 3.05) is 0 Å². The quantitative estimate of drug-likeness (QED) is 0.210. The Morgan fingerprint density at radius 1 is 1.05 bits per heavy atom. The number of esters is 1. The van der Waals surface area contributed by atoms with Crippen LogP contribution in [0.3, 0.4) is 0 Å². The van der Waals surface area contributed by atoms with Gasteiger partial charge in [0.1, 0.15) is 17.4 Å². The van der Waals surface area contributed by atoms with Crippen LogP contribution in [0, 0.1) is 0 Å². The number of aliphatic hydroxyl groups excluding tert-OH is 1. The van der Waals surface area contributed by atoms with Crippen LogP contribution in [0.2, 0.25) is 0 Å². The summed E-state index contributed by atoms with van der Waals surface area (Å²) in [6.07, 6.45) is 10.1. The van der Waals surface area contributed by atoms with E-state index in [-0.39, 0.29) is 29.6 Å². The van der Waals surface area contributed by atoms with Gasteiger partial charge in [-0.05, 0) is 19.3 Å². The number of ketones is 1. The van der Waals surface area contributed by atoms with E-state index in [1.54, 1.807) is 0 Å². The third-order valence-corrected chi connectivity index (χ3v) is 4.07. The maximum atomic E-state index is 12.0. The Balaban J connectivity index is 2.31. The minimum atomic E-state index is -0.643. The first kappa shape index (κ1) is 18.7. The molecule has 126 valence electrons. The first-order valence-electron chi connectivity index (χ1n) is 8.76. The van der Waals surface area contributed by atoms with Crippen molar-refractivity contribution in [1.29, 1.82) is 0 Å². The minimum Gasteiger partial charge on any atom is -0.511 e. The van der Waals surface area contributed by atoms with Crippen LogP contribution in [0.5, 0.6) is 0 Å². The maximum Gasteiger partial charge on any atom is 0.345 e. The lowest BCUT2D eigenvalue weighted by molar-refractivity contribution is -0.151. The molecule has 1 N–H and O–H groups in total. The number of cyclic esters (lactones) is 1. The van der Waals surface area contributed by atoms with Gasteiger partial charge in [-0.1, -0.05) is 52.4 Å². The number of hydrogen-bond acceptors (Lipinski definition) is 4. The average Bonchev–Trinajstić information content (AvgIpc) is 2.46. The second kappa shape index (κ2) is 10.4. The Kier molecular flexibility index (Phi) is 8.86. The number of Topliss-reactive ketones (excluding diaryl/α,β-unsaturated/α-hetero) is 1. The van der Waals surface area contributed by atoms with Crippen molar-refractivity contribution in [3.8, 4) is 0 Å². The molecule has 0 amide bonds. The standard InChI is InChI=1S/C18H30O4/c1-3-5-6-7-8-9-10-12-14-13-16(20)17(18(21)22-14)15(19)11-4-2/h14,19H,3-13H2,1-2H3/t14-/m1/s1. The molecule has 1 atom stereocenters. The molecular weight excluding hydrogens is 280 g/mol. The highest BCUT2D eigenvalue weighted by Gasteiger charge is 2.34. The molecule has 0 radical (unpaired) electrons. The van der Waals surface area contributed by atoms with Gasteiger partial charge in [-0.15, -0.1) is 0 Å². The van der Waals surface area contributed by atoms with Crippen molar-refractivity contribution in [2.45, 2.75) is 90.6 Å². The van der Waals surface area contributed by atoms with Crippen LogP contribution in [0.25, 0.3) is 0 Å².